The Labute approximate surface area is 92.4 Å². The van der Waals surface area contributed by atoms with Crippen molar-refractivity contribution in [2.75, 3.05) is 33.2 Å². The maximum absolute atomic E-state index is 11.8. The van der Waals surface area contributed by atoms with E-state index < -0.39 is 0 Å². The Hall–Kier alpha value is -0.570. The van der Waals surface area contributed by atoms with Crippen molar-refractivity contribution in [2.45, 2.75) is 32.1 Å². The van der Waals surface area contributed by atoms with Crippen LogP contribution in [0.25, 0.3) is 0 Å². The lowest BCUT2D eigenvalue weighted by Crippen LogP contribution is -2.50. The summed E-state index contributed by atoms with van der Waals surface area (Å²) in [6, 6.07) is 0. The molecule has 86 valence electrons. The van der Waals surface area contributed by atoms with Crippen molar-refractivity contribution in [2.24, 2.45) is 5.92 Å². The fourth-order valence-corrected chi connectivity index (χ4v) is 2.70. The smallest absolute Gasteiger partial charge is 0.236 e. The van der Waals surface area contributed by atoms with Crippen LogP contribution in [-0.2, 0) is 4.79 Å². The number of nitrogens with zero attached hydrogens (tertiary/aromatic N) is 2. The van der Waals surface area contributed by atoms with Crippen LogP contribution < -0.4 is 0 Å². The highest BCUT2D eigenvalue weighted by Gasteiger charge is 2.24. The molecule has 2 rings (SSSR count). The lowest BCUT2D eigenvalue weighted by molar-refractivity contribution is -0.136. The molecule has 0 spiro atoms. The maximum atomic E-state index is 11.8. The van der Waals surface area contributed by atoms with Crippen molar-refractivity contribution < 1.29 is 4.79 Å². The summed E-state index contributed by atoms with van der Waals surface area (Å²) >= 11 is 0. The molecule has 1 aliphatic heterocycles. The van der Waals surface area contributed by atoms with E-state index in [1.165, 1.54) is 32.1 Å². The van der Waals surface area contributed by atoms with E-state index in [4.69, 9.17) is 0 Å². The second-order valence-corrected chi connectivity index (χ2v) is 5.08. The molecule has 0 aromatic rings. The van der Waals surface area contributed by atoms with E-state index >= 15 is 0 Å². The Bertz CT molecular complexity index is 224. The molecule has 1 aliphatic carbocycles. The van der Waals surface area contributed by atoms with Crippen LogP contribution in [0.2, 0.25) is 0 Å². The Morgan fingerprint density at radius 3 is 2.60 bits per heavy atom. The van der Waals surface area contributed by atoms with Gasteiger partial charge in [-0.05, 0) is 25.8 Å². The molecule has 0 aromatic carbocycles. The number of amides is 1. The van der Waals surface area contributed by atoms with Gasteiger partial charge in [0, 0.05) is 19.6 Å². The van der Waals surface area contributed by atoms with Gasteiger partial charge < -0.3 is 4.90 Å². The van der Waals surface area contributed by atoms with E-state index in [1.54, 1.807) is 0 Å². The minimum atomic E-state index is 0.328. The number of carbonyl (C=O) groups is 1. The molecule has 0 unspecified atom stereocenters. The zero-order chi connectivity index (χ0) is 10.7. The van der Waals surface area contributed by atoms with E-state index in [9.17, 15) is 4.79 Å². The summed E-state index contributed by atoms with van der Waals surface area (Å²) in [7, 11) is 2.02. The van der Waals surface area contributed by atoms with Gasteiger partial charge in [0.15, 0.2) is 0 Å². The van der Waals surface area contributed by atoms with Crippen molar-refractivity contribution in [1.82, 2.24) is 9.80 Å². The second-order valence-electron chi connectivity index (χ2n) is 5.08. The Morgan fingerprint density at radius 1 is 1.20 bits per heavy atom. The molecule has 3 heteroatoms. The minimum Gasteiger partial charge on any atom is -0.340 e. The molecule has 0 N–H and O–H groups in total. The molecule has 1 heterocycles. The van der Waals surface area contributed by atoms with Crippen molar-refractivity contribution >= 4 is 5.91 Å². The topological polar surface area (TPSA) is 23.6 Å². The van der Waals surface area contributed by atoms with E-state index in [0.29, 0.717) is 12.5 Å². The number of hydrogen-bond acceptors (Lipinski definition) is 2. The second kappa shape index (κ2) is 4.97. The third kappa shape index (κ3) is 2.94. The summed E-state index contributed by atoms with van der Waals surface area (Å²) in [5.41, 5.74) is 0. The molecule has 15 heavy (non-hydrogen) atoms. The van der Waals surface area contributed by atoms with Gasteiger partial charge in [-0.2, -0.15) is 0 Å². The van der Waals surface area contributed by atoms with Crippen LogP contribution in [0.5, 0.6) is 0 Å². The van der Waals surface area contributed by atoms with Gasteiger partial charge in [0.1, 0.15) is 0 Å². The molecule has 2 fully saturated rings. The summed E-state index contributed by atoms with van der Waals surface area (Å²) < 4.78 is 0. The highest BCUT2D eigenvalue weighted by atomic mass is 16.2. The normalized spacial score (nSPS) is 25.9. The monoisotopic (exact) mass is 210 g/mol. The molecular formula is C12H22N2O. The molecule has 3 nitrogen and oxygen atoms in total. The lowest BCUT2D eigenvalue weighted by atomic mass is 9.89. The highest BCUT2D eigenvalue weighted by molar-refractivity contribution is 5.78. The van der Waals surface area contributed by atoms with Crippen LogP contribution in [0.3, 0.4) is 0 Å². The fraction of sp³-hybridized carbons (Fsp3) is 0.917. The van der Waals surface area contributed by atoms with Crippen molar-refractivity contribution in [3.63, 3.8) is 0 Å². The maximum Gasteiger partial charge on any atom is 0.236 e. The minimum absolute atomic E-state index is 0.328. The van der Waals surface area contributed by atoms with Gasteiger partial charge >= 0.3 is 0 Å². The molecular weight excluding hydrogens is 188 g/mol. The predicted octanol–water partition coefficient (Wildman–Crippen LogP) is 1.34. The summed E-state index contributed by atoms with van der Waals surface area (Å²) in [4.78, 5) is 16.0. The summed E-state index contributed by atoms with van der Waals surface area (Å²) in [6.07, 6.45) is 6.80. The highest BCUT2D eigenvalue weighted by Crippen LogP contribution is 2.24. The zero-order valence-corrected chi connectivity index (χ0v) is 9.74. The van der Waals surface area contributed by atoms with Crippen molar-refractivity contribution in [3.8, 4) is 0 Å². The van der Waals surface area contributed by atoms with Crippen LogP contribution in [0, 0.1) is 5.92 Å². The Morgan fingerprint density at radius 2 is 1.93 bits per heavy atom. The van der Waals surface area contributed by atoms with Gasteiger partial charge in [-0.3, -0.25) is 9.69 Å². The van der Waals surface area contributed by atoms with Crippen LogP contribution in [-0.4, -0.2) is 48.9 Å². The zero-order valence-electron chi connectivity index (χ0n) is 9.74. The average Bonchev–Trinajstić information content (AvgIpc) is 2.24. The standard InChI is InChI=1S/C12H22N2O/c1-13-7-8-14(12(15)10-13)9-11-5-3-2-4-6-11/h11H,2-10H2,1H3. The summed E-state index contributed by atoms with van der Waals surface area (Å²) in [5.74, 6) is 1.11. The van der Waals surface area contributed by atoms with Gasteiger partial charge in [-0.25, -0.2) is 0 Å². The fourth-order valence-electron chi connectivity index (χ4n) is 2.70. The number of likely N-dealkylation sites (N-methyl/N-ethyl adjacent to an activating group) is 1. The first-order valence-corrected chi connectivity index (χ1v) is 6.22. The van der Waals surface area contributed by atoms with Gasteiger partial charge in [-0.1, -0.05) is 19.3 Å². The quantitative estimate of drug-likeness (QED) is 0.686. The number of rotatable bonds is 2. The van der Waals surface area contributed by atoms with Gasteiger partial charge in [0.05, 0.1) is 6.54 Å². The molecule has 0 bridgehead atoms. The van der Waals surface area contributed by atoms with Crippen molar-refractivity contribution in [3.05, 3.63) is 0 Å². The number of carbonyl (C=O) groups excluding carboxylic acids is 1. The SMILES string of the molecule is CN1CCN(CC2CCCCC2)C(=O)C1. The van der Waals surface area contributed by atoms with Gasteiger partial charge in [-0.15, -0.1) is 0 Å². The van der Waals surface area contributed by atoms with Crippen molar-refractivity contribution in [1.29, 1.82) is 0 Å². The average molecular weight is 210 g/mol. The Kier molecular flexibility index (Phi) is 3.62. The Balaban J connectivity index is 1.80. The molecule has 2 aliphatic rings. The molecule has 0 atom stereocenters. The van der Waals surface area contributed by atoms with Crippen LogP contribution in [0.1, 0.15) is 32.1 Å². The van der Waals surface area contributed by atoms with Crippen LogP contribution >= 0.6 is 0 Å². The molecule has 0 radical (unpaired) electrons. The first kappa shape index (κ1) is 10.9. The van der Waals surface area contributed by atoms with Crippen LogP contribution in [0.15, 0.2) is 0 Å². The first-order valence-electron chi connectivity index (χ1n) is 6.22. The molecule has 0 aromatic heterocycles. The third-order valence-corrected chi connectivity index (χ3v) is 3.71. The van der Waals surface area contributed by atoms with E-state index in [0.717, 1.165) is 25.6 Å². The largest absolute Gasteiger partial charge is 0.340 e. The molecule has 1 saturated carbocycles. The molecule has 1 amide bonds. The van der Waals surface area contributed by atoms with E-state index in [2.05, 4.69) is 9.80 Å². The number of piperazine rings is 1. The predicted molar refractivity (Wildman–Crippen MR) is 60.7 cm³/mol. The van der Waals surface area contributed by atoms with E-state index in [-0.39, 0.29) is 0 Å². The van der Waals surface area contributed by atoms with Crippen LogP contribution in [0.4, 0.5) is 0 Å². The number of hydrogen-bond donors (Lipinski definition) is 0. The first-order chi connectivity index (χ1) is 7.25. The molecule has 1 saturated heterocycles. The third-order valence-electron chi connectivity index (χ3n) is 3.71. The van der Waals surface area contributed by atoms with E-state index in [1.807, 2.05) is 7.05 Å². The van der Waals surface area contributed by atoms with Gasteiger partial charge in [0.25, 0.3) is 0 Å². The van der Waals surface area contributed by atoms with Gasteiger partial charge in [0.2, 0.25) is 5.91 Å². The summed E-state index contributed by atoms with van der Waals surface area (Å²) in [6.45, 7) is 3.61. The lowest BCUT2D eigenvalue weighted by Gasteiger charge is -2.35. The summed E-state index contributed by atoms with van der Waals surface area (Å²) in [5, 5.41) is 0.